The van der Waals surface area contributed by atoms with Crippen LogP contribution in [0.15, 0.2) is 52.6 Å². The van der Waals surface area contributed by atoms with Crippen LogP contribution in [0.3, 0.4) is 0 Å². The molecule has 1 amide bonds. The highest BCUT2D eigenvalue weighted by atomic mass is 32.2. The monoisotopic (exact) mass is 528 g/mol. The summed E-state index contributed by atoms with van der Waals surface area (Å²) in [5.41, 5.74) is 6.32. The molecule has 0 bridgehead atoms. The van der Waals surface area contributed by atoms with E-state index in [9.17, 15) is 4.79 Å². The van der Waals surface area contributed by atoms with Crippen molar-refractivity contribution in [1.82, 2.24) is 19.8 Å². The molecule has 0 spiro atoms. The highest BCUT2D eigenvalue weighted by Gasteiger charge is 2.27. The van der Waals surface area contributed by atoms with Crippen LogP contribution in [0, 0.1) is 6.92 Å². The standard InChI is InChI=1S/C29H32N6O2S/c1-3-33-8-10-34(11-9-33)25-7-5-22(16-20(25)2)27-23-17-21(4-6-24(23)30-19-31-27)18-26-28(36)32-29(38-26)35-12-14-37-15-13-35/h4-7,16-19H,3,8-15H2,1-2H3. The van der Waals surface area contributed by atoms with Gasteiger partial charge in [-0.1, -0.05) is 19.1 Å². The van der Waals surface area contributed by atoms with Gasteiger partial charge < -0.3 is 19.4 Å². The highest BCUT2D eigenvalue weighted by molar-refractivity contribution is 8.18. The van der Waals surface area contributed by atoms with Crippen molar-refractivity contribution in [2.24, 2.45) is 4.99 Å². The molecule has 9 heteroatoms. The van der Waals surface area contributed by atoms with E-state index in [4.69, 9.17) is 4.74 Å². The van der Waals surface area contributed by atoms with E-state index in [1.807, 2.05) is 18.2 Å². The van der Waals surface area contributed by atoms with E-state index >= 15 is 0 Å². The van der Waals surface area contributed by atoms with Crippen LogP contribution in [0.2, 0.25) is 0 Å². The Labute approximate surface area is 227 Å². The number of fused-ring (bicyclic) bond motifs is 1. The van der Waals surface area contributed by atoms with Crippen LogP contribution >= 0.6 is 11.8 Å². The maximum Gasteiger partial charge on any atom is 0.286 e. The Hall–Kier alpha value is -3.27. The van der Waals surface area contributed by atoms with Crippen molar-refractivity contribution in [3.63, 3.8) is 0 Å². The van der Waals surface area contributed by atoms with Gasteiger partial charge >= 0.3 is 0 Å². The first-order valence-corrected chi connectivity index (χ1v) is 14.1. The van der Waals surface area contributed by atoms with Crippen molar-refractivity contribution < 1.29 is 9.53 Å². The molecule has 0 atom stereocenters. The number of hydrogen-bond donors (Lipinski definition) is 0. The molecule has 2 fully saturated rings. The van der Waals surface area contributed by atoms with Crippen LogP contribution in [-0.4, -0.2) is 89.9 Å². The Balaban J connectivity index is 1.27. The largest absolute Gasteiger partial charge is 0.378 e. The molecular formula is C29H32N6O2S. The summed E-state index contributed by atoms with van der Waals surface area (Å²) in [5.74, 6) is -0.188. The number of carbonyl (C=O) groups is 1. The van der Waals surface area contributed by atoms with Crippen LogP contribution in [-0.2, 0) is 9.53 Å². The van der Waals surface area contributed by atoms with Crippen molar-refractivity contribution in [2.45, 2.75) is 13.8 Å². The van der Waals surface area contributed by atoms with Gasteiger partial charge in [0.25, 0.3) is 5.91 Å². The van der Waals surface area contributed by atoms with E-state index in [2.05, 4.69) is 67.8 Å². The number of thioether (sulfide) groups is 1. The van der Waals surface area contributed by atoms with Gasteiger partial charge in [0.2, 0.25) is 0 Å². The Morgan fingerprint density at radius 3 is 2.55 bits per heavy atom. The molecule has 3 aliphatic rings. The summed E-state index contributed by atoms with van der Waals surface area (Å²) in [6, 6.07) is 12.7. The molecule has 2 saturated heterocycles. The van der Waals surface area contributed by atoms with Crippen LogP contribution < -0.4 is 4.90 Å². The number of aryl methyl sites for hydroxylation is 1. The Morgan fingerprint density at radius 2 is 1.79 bits per heavy atom. The minimum Gasteiger partial charge on any atom is -0.378 e. The number of hydrogen-bond acceptors (Lipinski definition) is 8. The zero-order valence-electron chi connectivity index (χ0n) is 21.9. The van der Waals surface area contributed by atoms with Crippen molar-refractivity contribution >= 4 is 45.5 Å². The molecule has 0 saturated carbocycles. The summed E-state index contributed by atoms with van der Waals surface area (Å²) < 4.78 is 5.43. The second-order valence-corrected chi connectivity index (χ2v) is 10.8. The highest BCUT2D eigenvalue weighted by Crippen LogP contribution is 2.33. The van der Waals surface area contributed by atoms with Gasteiger partial charge in [-0.05, 0) is 66.7 Å². The number of carbonyl (C=O) groups excluding carboxylic acids is 1. The lowest BCUT2D eigenvalue weighted by molar-refractivity contribution is -0.113. The fourth-order valence-corrected chi connectivity index (χ4v) is 6.26. The lowest BCUT2D eigenvalue weighted by Gasteiger charge is -2.36. The molecule has 0 aliphatic carbocycles. The molecule has 0 N–H and O–H groups in total. The fraction of sp³-hybridized carbons (Fsp3) is 0.379. The molecule has 196 valence electrons. The number of aliphatic imine (C=N–C) groups is 1. The van der Waals surface area contributed by atoms with Gasteiger partial charge in [0.05, 0.1) is 29.3 Å². The first-order chi connectivity index (χ1) is 18.6. The Morgan fingerprint density at radius 1 is 0.974 bits per heavy atom. The first kappa shape index (κ1) is 25.0. The molecule has 3 aliphatic heterocycles. The smallest absolute Gasteiger partial charge is 0.286 e. The number of piperazine rings is 1. The zero-order valence-corrected chi connectivity index (χ0v) is 22.7. The third-order valence-corrected chi connectivity index (χ3v) is 8.52. The lowest BCUT2D eigenvalue weighted by Crippen LogP contribution is -2.46. The molecule has 2 aromatic carbocycles. The Kier molecular flexibility index (Phi) is 7.14. The van der Waals surface area contributed by atoms with Gasteiger partial charge in [-0.2, -0.15) is 4.99 Å². The van der Waals surface area contributed by atoms with Crippen molar-refractivity contribution in [3.05, 3.63) is 58.8 Å². The molecule has 0 radical (unpaired) electrons. The number of likely N-dealkylation sites (N-methyl/N-ethyl adjacent to an activating group) is 1. The average Bonchev–Trinajstić information content (AvgIpc) is 3.33. The number of ether oxygens (including phenoxy) is 1. The van der Waals surface area contributed by atoms with E-state index in [-0.39, 0.29) is 5.91 Å². The number of benzene rings is 2. The SMILES string of the molecule is CCN1CCN(c2ccc(-c3ncnc4ccc(C=C5SC(N6CCOCC6)=NC5=O)cc34)cc2C)CC1. The number of aromatic nitrogens is 2. The molecule has 38 heavy (non-hydrogen) atoms. The predicted octanol–water partition coefficient (Wildman–Crippen LogP) is 4.05. The van der Waals surface area contributed by atoms with Crippen LogP contribution in [0.25, 0.3) is 28.2 Å². The van der Waals surface area contributed by atoms with Crippen LogP contribution in [0.1, 0.15) is 18.1 Å². The summed E-state index contributed by atoms with van der Waals surface area (Å²) in [6.45, 7) is 12.7. The maximum absolute atomic E-state index is 12.7. The van der Waals surface area contributed by atoms with E-state index < -0.39 is 0 Å². The number of amides is 1. The van der Waals surface area contributed by atoms with Gasteiger partial charge in [0.15, 0.2) is 5.17 Å². The van der Waals surface area contributed by atoms with Crippen LogP contribution in [0.5, 0.6) is 0 Å². The number of nitrogens with zero attached hydrogens (tertiary/aromatic N) is 6. The maximum atomic E-state index is 12.7. The van der Waals surface area contributed by atoms with E-state index in [0.717, 1.165) is 78.7 Å². The van der Waals surface area contributed by atoms with Crippen molar-refractivity contribution in [2.75, 3.05) is 63.9 Å². The minimum absolute atomic E-state index is 0.188. The van der Waals surface area contributed by atoms with E-state index in [0.29, 0.717) is 18.1 Å². The second-order valence-electron chi connectivity index (χ2n) is 9.83. The van der Waals surface area contributed by atoms with Crippen molar-refractivity contribution in [3.8, 4) is 11.3 Å². The third-order valence-electron chi connectivity index (χ3n) is 7.48. The summed E-state index contributed by atoms with van der Waals surface area (Å²) in [6.07, 6.45) is 3.55. The quantitative estimate of drug-likeness (QED) is 0.470. The minimum atomic E-state index is -0.188. The molecule has 4 heterocycles. The molecule has 3 aromatic rings. The molecule has 1 aromatic heterocycles. The first-order valence-electron chi connectivity index (χ1n) is 13.3. The molecule has 6 rings (SSSR count). The normalized spacial score (nSPS) is 20.0. The summed E-state index contributed by atoms with van der Waals surface area (Å²) in [5, 5.41) is 1.73. The molecule has 0 unspecified atom stereocenters. The predicted molar refractivity (Wildman–Crippen MR) is 154 cm³/mol. The van der Waals surface area contributed by atoms with Crippen molar-refractivity contribution in [1.29, 1.82) is 0 Å². The fourth-order valence-electron chi connectivity index (χ4n) is 5.30. The molecular weight excluding hydrogens is 496 g/mol. The van der Waals surface area contributed by atoms with Gasteiger partial charge in [-0.15, -0.1) is 0 Å². The summed E-state index contributed by atoms with van der Waals surface area (Å²) in [7, 11) is 0. The average molecular weight is 529 g/mol. The number of morpholine rings is 1. The van der Waals surface area contributed by atoms with Gasteiger partial charge in [-0.3, -0.25) is 4.79 Å². The van der Waals surface area contributed by atoms with E-state index in [1.165, 1.54) is 23.0 Å². The topological polar surface area (TPSA) is 74.2 Å². The number of anilines is 1. The zero-order chi connectivity index (χ0) is 26.1. The summed E-state index contributed by atoms with van der Waals surface area (Å²) >= 11 is 1.44. The lowest BCUT2D eigenvalue weighted by atomic mass is 10.0. The Bertz CT molecular complexity index is 1420. The van der Waals surface area contributed by atoms with Gasteiger partial charge in [-0.25, -0.2) is 9.97 Å². The number of amidine groups is 1. The van der Waals surface area contributed by atoms with Gasteiger partial charge in [0, 0.05) is 55.9 Å². The third kappa shape index (κ3) is 5.06. The van der Waals surface area contributed by atoms with Gasteiger partial charge in [0.1, 0.15) is 6.33 Å². The second kappa shape index (κ2) is 10.8. The van der Waals surface area contributed by atoms with Crippen LogP contribution in [0.4, 0.5) is 5.69 Å². The molecule has 8 nitrogen and oxygen atoms in total. The summed E-state index contributed by atoms with van der Waals surface area (Å²) in [4.78, 5) is 33.9. The van der Waals surface area contributed by atoms with E-state index in [1.54, 1.807) is 6.33 Å². The number of rotatable bonds is 4.